The number of rotatable bonds is 2. The summed E-state index contributed by atoms with van der Waals surface area (Å²) in [4.78, 5) is 0.285. The molecule has 0 bridgehead atoms. The van der Waals surface area contributed by atoms with Gasteiger partial charge in [0.15, 0.2) is 0 Å². The molecule has 35 heavy (non-hydrogen) atoms. The number of nitrogens with zero attached hydrogens (tertiary/aromatic N) is 1. The van der Waals surface area contributed by atoms with E-state index in [1.54, 1.807) is 12.1 Å². The third kappa shape index (κ3) is 2.81. The Hall–Kier alpha value is -4.15. The molecule has 0 unspecified atom stereocenters. The molecule has 4 heteroatoms. The minimum atomic E-state index is -3.84. The maximum Gasteiger partial charge on any atom is 0.268 e. The van der Waals surface area contributed by atoms with Gasteiger partial charge in [-0.2, -0.15) is 0 Å². The molecule has 0 aliphatic heterocycles. The van der Waals surface area contributed by atoms with E-state index in [4.69, 9.17) is 0 Å². The molecule has 0 amide bonds. The SMILES string of the molecule is Cc1ccc(S(=O)(=O)n2c3ccc4ccccc4c3c3c4c(ccc5ccccc54)ccc32)cc1. The summed E-state index contributed by atoms with van der Waals surface area (Å²) in [5.41, 5.74) is 2.41. The molecule has 1 aromatic heterocycles. The van der Waals surface area contributed by atoms with Crippen molar-refractivity contribution in [3.05, 3.63) is 115 Å². The van der Waals surface area contributed by atoms with Crippen molar-refractivity contribution in [1.29, 1.82) is 0 Å². The van der Waals surface area contributed by atoms with Crippen LogP contribution in [0.2, 0.25) is 0 Å². The molecule has 0 radical (unpaired) electrons. The van der Waals surface area contributed by atoms with Crippen molar-refractivity contribution < 1.29 is 8.42 Å². The Kier molecular flexibility index (Phi) is 4.15. The second kappa shape index (κ2) is 7.17. The van der Waals surface area contributed by atoms with E-state index >= 15 is 0 Å². The Morgan fingerprint density at radius 3 is 1.71 bits per heavy atom. The molecule has 168 valence electrons. The molecule has 6 aromatic carbocycles. The van der Waals surface area contributed by atoms with Gasteiger partial charge in [0.2, 0.25) is 0 Å². The highest BCUT2D eigenvalue weighted by atomic mass is 32.2. The molecule has 0 N–H and O–H groups in total. The van der Waals surface area contributed by atoms with E-state index in [0.717, 1.165) is 48.7 Å². The van der Waals surface area contributed by atoms with Crippen LogP contribution in [-0.4, -0.2) is 12.4 Å². The van der Waals surface area contributed by atoms with Crippen LogP contribution in [0.1, 0.15) is 5.56 Å². The monoisotopic (exact) mass is 471 g/mol. The maximum atomic E-state index is 14.1. The molecule has 0 saturated carbocycles. The lowest BCUT2D eigenvalue weighted by Gasteiger charge is -2.11. The van der Waals surface area contributed by atoms with Gasteiger partial charge in [0.1, 0.15) is 0 Å². The zero-order valence-corrected chi connectivity index (χ0v) is 19.9. The highest BCUT2D eigenvalue weighted by molar-refractivity contribution is 7.90. The summed E-state index contributed by atoms with van der Waals surface area (Å²) in [6.45, 7) is 1.96. The molecule has 0 spiro atoms. The zero-order valence-electron chi connectivity index (χ0n) is 19.1. The maximum absolute atomic E-state index is 14.1. The van der Waals surface area contributed by atoms with Gasteiger partial charge in [0.05, 0.1) is 15.9 Å². The first-order valence-corrected chi connectivity index (χ1v) is 13.1. The quantitative estimate of drug-likeness (QED) is 0.241. The minimum Gasteiger partial charge on any atom is -0.233 e. The third-order valence-corrected chi connectivity index (χ3v) is 8.78. The van der Waals surface area contributed by atoms with Crippen LogP contribution in [0.25, 0.3) is 54.1 Å². The molecular formula is C31H21NO2S. The van der Waals surface area contributed by atoms with Gasteiger partial charge in [0, 0.05) is 10.8 Å². The highest BCUT2D eigenvalue weighted by Gasteiger charge is 2.25. The first-order chi connectivity index (χ1) is 17.0. The summed E-state index contributed by atoms with van der Waals surface area (Å²) in [5.74, 6) is 0. The molecule has 7 aromatic rings. The van der Waals surface area contributed by atoms with E-state index in [0.29, 0.717) is 11.0 Å². The van der Waals surface area contributed by atoms with Crippen LogP contribution in [-0.2, 0) is 10.0 Å². The van der Waals surface area contributed by atoms with E-state index in [1.807, 2.05) is 67.6 Å². The Morgan fingerprint density at radius 2 is 1.03 bits per heavy atom. The second-order valence-corrected chi connectivity index (χ2v) is 10.9. The van der Waals surface area contributed by atoms with Gasteiger partial charge in [-0.1, -0.05) is 90.5 Å². The van der Waals surface area contributed by atoms with Crippen molar-refractivity contribution in [2.75, 3.05) is 0 Å². The molecule has 1 heterocycles. The Morgan fingerprint density at radius 1 is 0.514 bits per heavy atom. The minimum absolute atomic E-state index is 0.285. The topological polar surface area (TPSA) is 39.1 Å². The number of benzene rings is 6. The highest BCUT2D eigenvalue weighted by Crippen LogP contribution is 2.42. The lowest BCUT2D eigenvalue weighted by atomic mass is 9.96. The molecule has 0 saturated heterocycles. The van der Waals surface area contributed by atoms with E-state index < -0.39 is 10.0 Å². The fraction of sp³-hybridized carbons (Fsp3) is 0.0323. The Balaban J connectivity index is 1.78. The van der Waals surface area contributed by atoms with Crippen LogP contribution >= 0.6 is 0 Å². The van der Waals surface area contributed by atoms with Crippen LogP contribution in [0.4, 0.5) is 0 Å². The predicted octanol–water partition coefficient (Wildman–Crippen LogP) is 7.80. The molecule has 7 rings (SSSR count). The molecule has 0 fully saturated rings. The van der Waals surface area contributed by atoms with Crippen LogP contribution in [0.15, 0.2) is 114 Å². The van der Waals surface area contributed by atoms with Crippen LogP contribution < -0.4 is 0 Å². The van der Waals surface area contributed by atoms with Crippen LogP contribution in [0, 0.1) is 6.92 Å². The van der Waals surface area contributed by atoms with Gasteiger partial charge in [-0.25, -0.2) is 12.4 Å². The average molecular weight is 472 g/mol. The Labute approximate surface area is 202 Å². The number of fused-ring (bicyclic) bond motifs is 9. The summed E-state index contributed by atoms with van der Waals surface area (Å²) in [5, 5.41) is 8.51. The van der Waals surface area contributed by atoms with Gasteiger partial charge < -0.3 is 0 Å². The van der Waals surface area contributed by atoms with Crippen molar-refractivity contribution in [2.24, 2.45) is 0 Å². The van der Waals surface area contributed by atoms with Crippen LogP contribution in [0.5, 0.6) is 0 Å². The second-order valence-electron chi connectivity index (χ2n) is 9.11. The lowest BCUT2D eigenvalue weighted by Crippen LogP contribution is -2.12. The van der Waals surface area contributed by atoms with Gasteiger partial charge >= 0.3 is 0 Å². The molecular weight excluding hydrogens is 450 g/mol. The third-order valence-electron chi connectivity index (χ3n) is 7.04. The zero-order chi connectivity index (χ0) is 23.7. The fourth-order valence-corrected chi connectivity index (χ4v) is 6.92. The van der Waals surface area contributed by atoms with Crippen LogP contribution in [0.3, 0.4) is 0 Å². The number of hydrogen-bond donors (Lipinski definition) is 0. The standard InChI is InChI=1S/C31H21NO2S/c1-20-10-16-24(17-11-20)35(33,34)32-27-18-14-22-7-3-5-9-26(22)30(27)31-28(32)19-15-23-13-12-21-6-2-4-8-25(21)29(23)31/h2-19H,1H3. The number of aromatic nitrogens is 1. The fourth-order valence-electron chi connectivity index (χ4n) is 5.41. The predicted molar refractivity (Wildman–Crippen MR) is 146 cm³/mol. The summed E-state index contributed by atoms with van der Waals surface area (Å²) in [7, 11) is -3.84. The van der Waals surface area contributed by atoms with E-state index in [9.17, 15) is 8.42 Å². The van der Waals surface area contributed by atoms with Crippen molar-refractivity contribution >= 4 is 64.1 Å². The smallest absolute Gasteiger partial charge is 0.233 e. The Bertz CT molecular complexity index is 2070. The summed E-state index contributed by atoms with van der Waals surface area (Å²) < 4.78 is 29.8. The van der Waals surface area contributed by atoms with Crippen molar-refractivity contribution in [1.82, 2.24) is 3.97 Å². The summed E-state index contributed by atoms with van der Waals surface area (Å²) >= 11 is 0. The number of aryl methyl sites for hydroxylation is 1. The van der Waals surface area contributed by atoms with E-state index in [1.165, 1.54) is 3.97 Å². The van der Waals surface area contributed by atoms with Gasteiger partial charge in [0.25, 0.3) is 10.0 Å². The average Bonchev–Trinajstić information content (AvgIpc) is 3.24. The molecule has 0 aliphatic rings. The van der Waals surface area contributed by atoms with Gasteiger partial charge in [-0.15, -0.1) is 0 Å². The molecule has 0 atom stereocenters. The molecule has 0 aliphatic carbocycles. The van der Waals surface area contributed by atoms with E-state index in [-0.39, 0.29) is 4.90 Å². The summed E-state index contributed by atoms with van der Waals surface area (Å²) in [6, 6.07) is 35.8. The molecule has 3 nitrogen and oxygen atoms in total. The largest absolute Gasteiger partial charge is 0.268 e. The van der Waals surface area contributed by atoms with Gasteiger partial charge in [-0.3, -0.25) is 0 Å². The number of hydrogen-bond acceptors (Lipinski definition) is 2. The van der Waals surface area contributed by atoms with Crippen molar-refractivity contribution in [3.8, 4) is 0 Å². The van der Waals surface area contributed by atoms with Crippen molar-refractivity contribution in [2.45, 2.75) is 11.8 Å². The van der Waals surface area contributed by atoms with Crippen molar-refractivity contribution in [3.63, 3.8) is 0 Å². The lowest BCUT2D eigenvalue weighted by molar-refractivity contribution is 0.590. The first kappa shape index (κ1) is 20.2. The normalized spacial score (nSPS) is 12.4. The van der Waals surface area contributed by atoms with Gasteiger partial charge in [-0.05, 0) is 63.5 Å². The van der Waals surface area contributed by atoms with E-state index in [2.05, 4.69) is 36.4 Å². The first-order valence-electron chi connectivity index (χ1n) is 11.6. The summed E-state index contributed by atoms with van der Waals surface area (Å²) in [6.07, 6.45) is 0.